The van der Waals surface area contributed by atoms with Gasteiger partial charge < -0.3 is 10.1 Å². The zero-order valence-electron chi connectivity index (χ0n) is 18.4. The van der Waals surface area contributed by atoms with Crippen LogP contribution < -0.4 is 24.6 Å². The fraction of sp³-hybridized carbons (Fsp3) is 0.143. The Morgan fingerprint density at radius 1 is 0.943 bits per heavy atom. The first-order valence-electron chi connectivity index (χ1n) is 9.92. The first-order chi connectivity index (χ1) is 16.3. The lowest BCUT2D eigenvalue weighted by atomic mass is 10.2. The van der Waals surface area contributed by atoms with E-state index in [0.29, 0.717) is 9.13 Å². The third kappa shape index (κ3) is 7.16. The second-order valence-corrected chi connectivity index (χ2v) is 11.8. The van der Waals surface area contributed by atoms with Gasteiger partial charge in [-0.3, -0.25) is 9.44 Å². The molecule has 0 aliphatic rings. The molecule has 14 heteroatoms. The van der Waals surface area contributed by atoms with E-state index in [1.54, 1.807) is 13.0 Å². The molecule has 3 rings (SSSR count). The molecule has 0 aliphatic carbocycles. The maximum atomic E-state index is 14.5. The first-order valence-corrected chi connectivity index (χ1v) is 14.2. The van der Waals surface area contributed by atoms with Gasteiger partial charge in [0.2, 0.25) is 10.0 Å². The van der Waals surface area contributed by atoms with Crippen molar-refractivity contribution in [1.29, 1.82) is 0 Å². The smallest absolute Gasteiger partial charge is 0.296 e. The molecule has 188 valence electrons. The third-order valence-electron chi connectivity index (χ3n) is 4.66. The first kappa shape index (κ1) is 26.9. The van der Waals surface area contributed by atoms with Gasteiger partial charge in [-0.05, 0) is 72.8 Å². The van der Waals surface area contributed by atoms with Crippen molar-refractivity contribution in [3.8, 4) is 11.5 Å². The molecule has 3 aromatic rings. The van der Waals surface area contributed by atoms with E-state index in [0.717, 1.165) is 12.1 Å². The SMILES string of the molecule is CCS(=O)(=O)Nc1cccc(Oc2cc(F)cc(Nc3ccc(I)cc3F)c2NS(N)(=O)=O)c1C. The Labute approximate surface area is 215 Å². The van der Waals surface area contributed by atoms with Crippen LogP contribution in [-0.4, -0.2) is 22.6 Å². The second-order valence-electron chi connectivity index (χ2n) is 7.26. The minimum atomic E-state index is -4.36. The molecule has 0 aliphatic heterocycles. The fourth-order valence-electron chi connectivity index (χ4n) is 2.94. The van der Waals surface area contributed by atoms with Crippen LogP contribution >= 0.6 is 22.6 Å². The lowest BCUT2D eigenvalue weighted by molar-refractivity contribution is 0.476. The lowest BCUT2D eigenvalue weighted by Crippen LogP contribution is -2.22. The molecular weight excluding hydrogens is 617 g/mol. The minimum absolute atomic E-state index is 0.0495. The van der Waals surface area contributed by atoms with Crippen LogP contribution in [0.1, 0.15) is 12.5 Å². The van der Waals surface area contributed by atoms with E-state index < -0.39 is 31.9 Å². The van der Waals surface area contributed by atoms with Crippen molar-refractivity contribution < 1.29 is 30.4 Å². The number of hydrogen-bond acceptors (Lipinski definition) is 6. The average Bonchev–Trinajstić information content (AvgIpc) is 2.74. The molecule has 0 saturated carbocycles. The maximum Gasteiger partial charge on any atom is 0.296 e. The molecule has 35 heavy (non-hydrogen) atoms. The summed E-state index contributed by atoms with van der Waals surface area (Å²) in [5.41, 5.74) is 0.0709. The number of hydrogen-bond donors (Lipinski definition) is 4. The molecule has 0 atom stereocenters. The highest BCUT2D eigenvalue weighted by Crippen LogP contribution is 2.40. The Kier molecular flexibility index (Phi) is 8.08. The molecule has 5 N–H and O–H groups in total. The van der Waals surface area contributed by atoms with Crippen LogP contribution in [0.25, 0.3) is 0 Å². The predicted octanol–water partition coefficient (Wildman–Crippen LogP) is 4.79. The van der Waals surface area contributed by atoms with E-state index in [1.807, 2.05) is 22.6 Å². The predicted molar refractivity (Wildman–Crippen MR) is 140 cm³/mol. The molecule has 0 fully saturated rings. The van der Waals surface area contributed by atoms with E-state index in [2.05, 4.69) is 14.8 Å². The number of benzene rings is 3. The molecule has 0 unspecified atom stereocenters. The van der Waals surface area contributed by atoms with Crippen molar-refractivity contribution in [1.82, 2.24) is 0 Å². The topological polar surface area (TPSA) is 140 Å². The fourth-order valence-corrected chi connectivity index (χ4v) is 4.59. The summed E-state index contributed by atoms with van der Waals surface area (Å²) in [4.78, 5) is 0. The summed E-state index contributed by atoms with van der Waals surface area (Å²) in [7, 11) is -7.95. The number of sulfonamides is 1. The van der Waals surface area contributed by atoms with Gasteiger partial charge in [0.15, 0.2) is 5.75 Å². The summed E-state index contributed by atoms with van der Waals surface area (Å²) in [6.45, 7) is 3.04. The number of nitrogens with two attached hydrogens (primary N) is 1. The van der Waals surface area contributed by atoms with Crippen molar-refractivity contribution in [2.45, 2.75) is 13.8 Å². The van der Waals surface area contributed by atoms with Crippen molar-refractivity contribution in [3.05, 3.63) is 69.3 Å². The van der Waals surface area contributed by atoms with Gasteiger partial charge in [0.1, 0.15) is 23.1 Å². The number of ether oxygens (including phenoxy) is 1. The van der Waals surface area contributed by atoms with Crippen molar-refractivity contribution in [2.75, 3.05) is 20.5 Å². The molecule has 0 spiro atoms. The van der Waals surface area contributed by atoms with Crippen LogP contribution in [0, 0.1) is 22.1 Å². The average molecular weight is 638 g/mol. The van der Waals surface area contributed by atoms with E-state index in [-0.39, 0.29) is 40.0 Å². The summed E-state index contributed by atoms with van der Waals surface area (Å²) < 4.78 is 87.5. The molecule has 0 amide bonds. The van der Waals surface area contributed by atoms with Gasteiger partial charge in [-0.25, -0.2) is 22.3 Å². The number of anilines is 4. The molecule has 3 aromatic carbocycles. The van der Waals surface area contributed by atoms with Crippen LogP contribution in [0.15, 0.2) is 48.5 Å². The van der Waals surface area contributed by atoms with Crippen molar-refractivity contribution in [3.63, 3.8) is 0 Å². The van der Waals surface area contributed by atoms with Gasteiger partial charge in [-0.15, -0.1) is 0 Å². The van der Waals surface area contributed by atoms with Gasteiger partial charge in [-0.1, -0.05) is 6.07 Å². The van der Waals surface area contributed by atoms with Crippen LogP contribution in [0.3, 0.4) is 0 Å². The Morgan fingerprint density at radius 3 is 2.29 bits per heavy atom. The van der Waals surface area contributed by atoms with Gasteiger partial charge in [0.05, 0.1) is 22.8 Å². The summed E-state index contributed by atoms with van der Waals surface area (Å²) >= 11 is 1.92. The molecule has 0 aromatic heterocycles. The van der Waals surface area contributed by atoms with Gasteiger partial charge in [0, 0.05) is 15.2 Å². The molecule has 0 saturated heterocycles. The molecular formula is C21H21F2IN4O5S2. The summed E-state index contributed by atoms with van der Waals surface area (Å²) in [5, 5.41) is 7.80. The van der Waals surface area contributed by atoms with E-state index in [1.165, 1.54) is 37.3 Å². The van der Waals surface area contributed by atoms with E-state index in [9.17, 15) is 25.6 Å². The van der Waals surface area contributed by atoms with Crippen LogP contribution in [0.2, 0.25) is 0 Å². The van der Waals surface area contributed by atoms with Gasteiger partial charge in [0.25, 0.3) is 10.2 Å². The third-order valence-corrected chi connectivity index (χ3v) is 7.11. The quantitative estimate of drug-likeness (QED) is 0.249. The van der Waals surface area contributed by atoms with Crippen LogP contribution in [0.5, 0.6) is 11.5 Å². The van der Waals surface area contributed by atoms with Crippen molar-refractivity contribution in [2.24, 2.45) is 5.14 Å². The van der Waals surface area contributed by atoms with Gasteiger partial charge >= 0.3 is 0 Å². The lowest BCUT2D eigenvalue weighted by Gasteiger charge is -2.19. The summed E-state index contributed by atoms with van der Waals surface area (Å²) in [5.74, 6) is -1.83. The molecule has 0 radical (unpaired) electrons. The second kappa shape index (κ2) is 10.5. The minimum Gasteiger partial charge on any atom is -0.455 e. The summed E-state index contributed by atoms with van der Waals surface area (Å²) in [6, 6.07) is 10.6. The Balaban J connectivity index is 2.10. The Morgan fingerprint density at radius 2 is 1.66 bits per heavy atom. The number of rotatable bonds is 9. The van der Waals surface area contributed by atoms with Crippen molar-refractivity contribution >= 4 is 65.6 Å². The Bertz CT molecular complexity index is 1490. The largest absolute Gasteiger partial charge is 0.455 e. The van der Waals surface area contributed by atoms with Gasteiger partial charge in [-0.2, -0.15) is 8.42 Å². The normalized spacial score (nSPS) is 11.7. The van der Waals surface area contributed by atoms with E-state index >= 15 is 0 Å². The monoisotopic (exact) mass is 638 g/mol. The standard InChI is InChI=1S/C21H21F2IN4O5S2/c1-3-34(29,30)27-16-5-4-6-19(12(16)2)33-20-10-13(22)9-18(21(20)28-35(25,31)32)26-17-8-7-14(24)11-15(17)23/h4-11,26-28H,3H2,1-2H3,(H2,25,31,32). The number of halogens is 3. The molecule has 0 heterocycles. The number of nitrogens with one attached hydrogen (secondary N) is 3. The highest BCUT2D eigenvalue weighted by atomic mass is 127. The molecule has 9 nitrogen and oxygen atoms in total. The molecule has 0 bridgehead atoms. The van der Waals surface area contributed by atoms with Crippen LogP contribution in [-0.2, 0) is 20.2 Å². The highest BCUT2D eigenvalue weighted by Gasteiger charge is 2.20. The summed E-state index contributed by atoms with van der Waals surface area (Å²) in [6.07, 6.45) is 0. The zero-order chi connectivity index (χ0) is 26.0. The maximum absolute atomic E-state index is 14.5. The highest BCUT2D eigenvalue weighted by molar-refractivity contribution is 14.1. The van der Waals surface area contributed by atoms with Crippen LogP contribution in [0.4, 0.5) is 31.5 Å². The zero-order valence-corrected chi connectivity index (χ0v) is 22.2. The van der Waals surface area contributed by atoms with E-state index in [4.69, 9.17) is 9.88 Å². The Hall–Kier alpha value is -2.69.